The summed E-state index contributed by atoms with van der Waals surface area (Å²) >= 11 is 0. The van der Waals surface area contributed by atoms with Crippen LogP contribution in [0.4, 0.5) is 0 Å². The van der Waals surface area contributed by atoms with Crippen LogP contribution in [-0.2, 0) is 9.47 Å². The summed E-state index contributed by atoms with van der Waals surface area (Å²) in [5.74, 6) is -0.201. The fourth-order valence-electron chi connectivity index (χ4n) is 2.84. The molecule has 5 nitrogen and oxygen atoms in total. The van der Waals surface area contributed by atoms with E-state index in [0.29, 0.717) is 23.7 Å². The normalized spacial score (nSPS) is 15.2. The molecule has 5 heteroatoms. The molecule has 1 fully saturated rings. The molecule has 0 aliphatic heterocycles. The third-order valence-electron chi connectivity index (χ3n) is 4.16. The van der Waals surface area contributed by atoms with Gasteiger partial charge in [-0.05, 0) is 36.6 Å². The predicted octanol–water partition coefficient (Wildman–Crippen LogP) is 2.96. The molecule has 0 atom stereocenters. The summed E-state index contributed by atoms with van der Waals surface area (Å²) in [6, 6.07) is 6.16. The van der Waals surface area contributed by atoms with E-state index in [1.807, 2.05) is 0 Å². The summed E-state index contributed by atoms with van der Waals surface area (Å²) in [5.41, 5.74) is 0.768. The Morgan fingerprint density at radius 3 is 1.96 bits per heavy atom. The van der Waals surface area contributed by atoms with Gasteiger partial charge in [0, 0.05) is 0 Å². The van der Waals surface area contributed by atoms with Crippen molar-refractivity contribution in [3.8, 4) is 0 Å². The van der Waals surface area contributed by atoms with Crippen LogP contribution in [0.1, 0.15) is 59.2 Å². The second-order valence-corrected chi connectivity index (χ2v) is 5.87. The maximum Gasteiger partial charge on any atom is 0.338 e. The fraction of sp³-hybridized carbons (Fsp3) is 0.556. The number of carbonyl (C=O) groups excluding carboxylic acids is 2. The number of aliphatic hydroxyl groups excluding tert-OH is 1. The Morgan fingerprint density at radius 2 is 1.43 bits per heavy atom. The van der Waals surface area contributed by atoms with Crippen molar-refractivity contribution in [1.29, 1.82) is 0 Å². The van der Waals surface area contributed by atoms with Crippen LogP contribution in [0.2, 0.25) is 0 Å². The molecule has 1 aliphatic rings. The number of hydrogen-bond acceptors (Lipinski definition) is 5. The summed E-state index contributed by atoms with van der Waals surface area (Å²) in [4.78, 5) is 23.6. The standard InChI is InChI=1S/C18H24O5/c19-11-13-23-18(21)16-8-6-15(7-9-16)17(20)22-12-10-14-4-2-1-3-5-14/h6-9,14,19H,1-5,10-13H2. The van der Waals surface area contributed by atoms with Gasteiger partial charge in [-0.1, -0.05) is 32.1 Å². The van der Waals surface area contributed by atoms with Gasteiger partial charge in [0.2, 0.25) is 0 Å². The molecule has 0 saturated heterocycles. The molecule has 1 aromatic carbocycles. The number of carbonyl (C=O) groups is 2. The second kappa shape index (κ2) is 9.30. The summed E-state index contributed by atoms with van der Waals surface area (Å²) < 4.78 is 10.1. The Kier molecular flexibility index (Phi) is 7.07. The number of ether oxygens (including phenoxy) is 2. The van der Waals surface area contributed by atoms with E-state index < -0.39 is 5.97 Å². The zero-order chi connectivity index (χ0) is 16.5. The van der Waals surface area contributed by atoms with E-state index >= 15 is 0 Å². The minimum Gasteiger partial charge on any atom is -0.462 e. The largest absolute Gasteiger partial charge is 0.462 e. The maximum absolute atomic E-state index is 12.0. The zero-order valence-corrected chi connectivity index (χ0v) is 13.3. The molecule has 23 heavy (non-hydrogen) atoms. The second-order valence-electron chi connectivity index (χ2n) is 5.87. The lowest BCUT2D eigenvalue weighted by Gasteiger charge is -2.21. The van der Waals surface area contributed by atoms with Crippen LogP contribution in [0.5, 0.6) is 0 Å². The highest BCUT2D eigenvalue weighted by molar-refractivity contribution is 5.93. The molecule has 1 saturated carbocycles. The van der Waals surface area contributed by atoms with Gasteiger partial charge >= 0.3 is 11.9 Å². The monoisotopic (exact) mass is 320 g/mol. The topological polar surface area (TPSA) is 72.8 Å². The van der Waals surface area contributed by atoms with E-state index in [1.54, 1.807) is 12.1 Å². The SMILES string of the molecule is O=C(OCCO)c1ccc(C(=O)OCCC2CCCCC2)cc1. The first-order chi connectivity index (χ1) is 11.2. The average Bonchev–Trinajstić information content (AvgIpc) is 2.60. The van der Waals surface area contributed by atoms with Gasteiger partial charge in [-0.3, -0.25) is 0 Å². The highest BCUT2D eigenvalue weighted by Crippen LogP contribution is 2.26. The van der Waals surface area contributed by atoms with Crippen molar-refractivity contribution in [1.82, 2.24) is 0 Å². The Labute approximate surface area is 136 Å². The third-order valence-corrected chi connectivity index (χ3v) is 4.16. The molecule has 0 amide bonds. The molecular formula is C18H24O5. The van der Waals surface area contributed by atoms with Crippen molar-refractivity contribution < 1.29 is 24.2 Å². The van der Waals surface area contributed by atoms with Crippen molar-refractivity contribution in [2.75, 3.05) is 19.8 Å². The molecule has 1 N–H and O–H groups in total. The smallest absolute Gasteiger partial charge is 0.338 e. The van der Waals surface area contributed by atoms with Crippen molar-refractivity contribution >= 4 is 11.9 Å². The molecule has 0 bridgehead atoms. The number of benzene rings is 1. The van der Waals surface area contributed by atoms with E-state index in [4.69, 9.17) is 14.6 Å². The van der Waals surface area contributed by atoms with Gasteiger partial charge in [0.25, 0.3) is 0 Å². The Morgan fingerprint density at radius 1 is 0.913 bits per heavy atom. The van der Waals surface area contributed by atoms with E-state index in [1.165, 1.54) is 44.2 Å². The Balaban J connectivity index is 1.76. The lowest BCUT2D eigenvalue weighted by atomic mass is 9.87. The Hall–Kier alpha value is -1.88. The quantitative estimate of drug-likeness (QED) is 0.782. The fourth-order valence-corrected chi connectivity index (χ4v) is 2.84. The third kappa shape index (κ3) is 5.67. The maximum atomic E-state index is 12.0. The molecule has 0 aromatic heterocycles. The first kappa shape index (κ1) is 17.5. The van der Waals surface area contributed by atoms with Crippen molar-refractivity contribution in [2.45, 2.75) is 38.5 Å². The van der Waals surface area contributed by atoms with E-state index in [-0.39, 0.29) is 19.2 Å². The molecule has 0 radical (unpaired) electrons. The minimum absolute atomic E-state index is 0.0379. The van der Waals surface area contributed by atoms with Crippen molar-refractivity contribution in [2.24, 2.45) is 5.92 Å². The average molecular weight is 320 g/mol. The molecule has 0 spiro atoms. The van der Waals surface area contributed by atoms with Gasteiger partial charge < -0.3 is 14.6 Å². The van der Waals surface area contributed by atoms with E-state index in [0.717, 1.165) is 6.42 Å². The van der Waals surface area contributed by atoms with Gasteiger partial charge in [-0.2, -0.15) is 0 Å². The molecule has 0 unspecified atom stereocenters. The van der Waals surface area contributed by atoms with E-state index in [9.17, 15) is 9.59 Å². The molecule has 1 aromatic rings. The molecule has 0 heterocycles. The number of rotatable bonds is 7. The van der Waals surface area contributed by atoms with Crippen LogP contribution in [0.3, 0.4) is 0 Å². The van der Waals surface area contributed by atoms with Crippen LogP contribution >= 0.6 is 0 Å². The highest BCUT2D eigenvalue weighted by Gasteiger charge is 2.15. The van der Waals surface area contributed by atoms with Crippen molar-refractivity contribution in [3.63, 3.8) is 0 Å². The van der Waals surface area contributed by atoms with Gasteiger partial charge in [0.1, 0.15) is 6.61 Å². The lowest BCUT2D eigenvalue weighted by molar-refractivity contribution is 0.0430. The van der Waals surface area contributed by atoms with Gasteiger partial charge in [-0.25, -0.2) is 9.59 Å². The van der Waals surface area contributed by atoms with Crippen LogP contribution in [0, 0.1) is 5.92 Å². The number of esters is 2. The van der Waals surface area contributed by atoms with Gasteiger partial charge in [-0.15, -0.1) is 0 Å². The van der Waals surface area contributed by atoms with Crippen LogP contribution in [0.15, 0.2) is 24.3 Å². The minimum atomic E-state index is -0.517. The zero-order valence-electron chi connectivity index (χ0n) is 13.3. The summed E-state index contributed by atoms with van der Waals surface area (Å²) in [5, 5.41) is 8.62. The summed E-state index contributed by atoms with van der Waals surface area (Å²) in [6.45, 7) is 0.199. The van der Waals surface area contributed by atoms with Gasteiger partial charge in [0.15, 0.2) is 0 Å². The first-order valence-corrected chi connectivity index (χ1v) is 8.26. The molecule has 2 rings (SSSR count). The predicted molar refractivity (Wildman–Crippen MR) is 85.3 cm³/mol. The highest BCUT2D eigenvalue weighted by atomic mass is 16.5. The molecule has 126 valence electrons. The summed E-state index contributed by atoms with van der Waals surface area (Å²) in [7, 11) is 0. The molecule has 1 aliphatic carbocycles. The summed E-state index contributed by atoms with van der Waals surface area (Å²) in [6.07, 6.45) is 7.30. The van der Waals surface area contributed by atoms with Crippen molar-refractivity contribution in [3.05, 3.63) is 35.4 Å². The Bertz CT molecular complexity index is 503. The lowest BCUT2D eigenvalue weighted by Crippen LogP contribution is -2.13. The first-order valence-electron chi connectivity index (χ1n) is 8.26. The van der Waals surface area contributed by atoms with Gasteiger partial charge in [0.05, 0.1) is 24.3 Å². The number of aliphatic hydroxyl groups is 1. The van der Waals surface area contributed by atoms with Crippen LogP contribution in [0.25, 0.3) is 0 Å². The number of hydrogen-bond donors (Lipinski definition) is 1. The van der Waals surface area contributed by atoms with Crippen LogP contribution < -0.4 is 0 Å². The van der Waals surface area contributed by atoms with E-state index in [2.05, 4.69) is 0 Å². The van der Waals surface area contributed by atoms with Crippen LogP contribution in [-0.4, -0.2) is 36.9 Å². The molecular weight excluding hydrogens is 296 g/mol.